The molecule has 0 atom stereocenters. The summed E-state index contributed by atoms with van der Waals surface area (Å²) in [5.41, 5.74) is 2.95. The maximum Gasteiger partial charge on any atom is 0.737 e. The fourth-order valence-corrected chi connectivity index (χ4v) is 4.56. The zero-order valence-electron chi connectivity index (χ0n) is 15.6. The highest BCUT2D eigenvalue weighted by molar-refractivity contribution is 7.12. The summed E-state index contributed by atoms with van der Waals surface area (Å²) in [5, 5.41) is 1.90. The molecule has 0 saturated heterocycles. The molecule has 0 fully saturated rings. The van der Waals surface area contributed by atoms with Gasteiger partial charge in [-0.2, -0.15) is 0 Å². The van der Waals surface area contributed by atoms with Crippen LogP contribution in [0.3, 0.4) is 0 Å². The van der Waals surface area contributed by atoms with E-state index in [4.69, 9.17) is 4.74 Å². The number of hydrogen-bond donors (Lipinski definition) is 0. The smallest absolute Gasteiger partial charge is 0.497 e. The van der Waals surface area contributed by atoms with Crippen LogP contribution in [0.2, 0.25) is 0 Å². The van der Waals surface area contributed by atoms with Crippen molar-refractivity contribution < 1.29 is 17.9 Å². The summed E-state index contributed by atoms with van der Waals surface area (Å²) in [6, 6.07) is 14.7. The lowest BCUT2D eigenvalue weighted by molar-refractivity contribution is -0.360. The molecule has 0 amide bonds. The van der Waals surface area contributed by atoms with Crippen LogP contribution >= 0.6 is 11.3 Å². The first kappa shape index (κ1) is 17.9. The highest BCUT2D eigenvalue weighted by atomic mass is 32.1. The van der Waals surface area contributed by atoms with Crippen LogP contribution in [-0.4, -0.2) is 28.8 Å². The molecule has 2 aliphatic heterocycles. The molecule has 1 aromatic carbocycles. The van der Waals surface area contributed by atoms with Crippen molar-refractivity contribution in [2.75, 3.05) is 7.11 Å². The van der Waals surface area contributed by atoms with Gasteiger partial charge in [-0.3, -0.25) is 0 Å². The SMILES string of the molecule is COc1ccc(/C=C/c2ccc3n2[B-](F)(F)[N+]2=C(c4cccs4)C=CC2=C3)cc1. The van der Waals surface area contributed by atoms with Gasteiger partial charge in [0.15, 0.2) is 11.4 Å². The Hall–Kier alpha value is -3.19. The molecule has 0 unspecified atom stereocenters. The summed E-state index contributed by atoms with van der Waals surface area (Å²) >= 11 is 1.46. The Kier molecular flexibility index (Phi) is 4.13. The number of thiophene rings is 1. The number of rotatable bonds is 4. The van der Waals surface area contributed by atoms with E-state index in [0.717, 1.165) is 20.7 Å². The molecular formula is C22H17BF2N2OS. The van der Waals surface area contributed by atoms with Crippen molar-refractivity contribution in [2.24, 2.45) is 0 Å². The van der Waals surface area contributed by atoms with Crippen LogP contribution in [0, 0.1) is 0 Å². The van der Waals surface area contributed by atoms with Crippen LogP contribution in [0.15, 0.2) is 71.8 Å². The Morgan fingerprint density at radius 1 is 1.03 bits per heavy atom. The summed E-state index contributed by atoms with van der Waals surface area (Å²) < 4.78 is 38.9. The second-order valence-corrected chi connectivity index (χ2v) is 7.83. The largest absolute Gasteiger partial charge is 0.737 e. The van der Waals surface area contributed by atoms with Gasteiger partial charge < -0.3 is 22.3 Å². The van der Waals surface area contributed by atoms with Crippen LogP contribution in [0.4, 0.5) is 8.63 Å². The first-order chi connectivity index (χ1) is 14.1. The summed E-state index contributed by atoms with van der Waals surface area (Å²) in [5.74, 6) is 0.757. The lowest BCUT2D eigenvalue weighted by atomic mass is 9.90. The number of allylic oxidation sites excluding steroid dienone is 2. The summed E-state index contributed by atoms with van der Waals surface area (Å²) in [4.78, 5) is 0.831. The van der Waals surface area contributed by atoms with Crippen molar-refractivity contribution in [1.29, 1.82) is 0 Å². The van der Waals surface area contributed by atoms with Gasteiger partial charge in [0.2, 0.25) is 0 Å². The first-order valence-corrected chi connectivity index (χ1v) is 10.1. The van der Waals surface area contributed by atoms with Gasteiger partial charge >= 0.3 is 6.97 Å². The summed E-state index contributed by atoms with van der Waals surface area (Å²) in [6.07, 6.45) is 8.90. The first-order valence-electron chi connectivity index (χ1n) is 9.24. The number of benzene rings is 1. The number of nitrogens with zero attached hydrogens (tertiary/aromatic N) is 2. The van der Waals surface area contributed by atoms with Gasteiger partial charge in [0.1, 0.15) is 5.75 Å². The molecule has 0 N–H and O–H groups in total. The Morgan fingerprint density at radius 2 is 1.86 bits per heavy atom. The Labute approximate surface area is 171 Å². The molecule has 7 heteroatoms. The van der Waals surface area contributed by atoms with Crippen LogP contribution < -0.4 is 4.74 Å². The second-order valence-electron chi connectivity index (χ2n) is 6.88. The lowest BCUT2D eigenvalue weighted by Gasteiger charge is -2.30. The fraction of sp³-hybridized carbons (Fsp3) is 0.0455. The highest BCUT2D eigenvalue weighted by Crippen LogP contribution is 2.34. The predicted octanol–water partition coefficient (Wildman–Crippen LogP) is 5.38. The molecule has 0 spiro atoms. The van der Waals surface area contributed by atoms with E-state index >= 15 is 8.63 Å². The molecule has 0 saturated carbocycles. The van der Waals surface area contributed by atoms with Crippen LogP contribution in [0.1, 0.15) is 21.8 Å². The molecule has 0 aliphatic carbocycles. The minimum Gasteiger partial charge on any atom is -0.497 e. The van der Waals surface area contributed by atoms with E-state index in [1.807, 2.05) is 47.9 Å². The topological polar surface area (TPSA) is 17.2 Å². The van der Waals surface area contributed by atoms with Gasteiger partial charge in [-0.25, -0.2) is 0 Å². The third-order valence-electron chi connectivity index (χ3n) is 5.18. The van der Waals surface area contributed by atoms with Crippen LogP contribution in [-0.2, 0) is 0 Å². The monoisotopic (exact) mass is 406 g/mol. The zero-order chi connectivity index (χ0) is 20.0. The van der Waals surface area contributed by atoms with E-state index in [-0.39, 0.29) is 0 Å². The second kappa shape index (κ2) is 6.70. The Balaban J connectivity index is 1.57. The molecular weight excluding hydrogens is 389 g/mol. The molecule has 2 aliphatic rings. The summed E-state index contributed by atoms with van der Waals surface area (Å²) in [7, 11) is 1.61. The molecule has 144 valence electrons. The van der Waals surface area contributed by atoms with Gasteiger partial charge in [-0.05, 0) is 47.4 Å². The number of ether oxygens (including phenoxy) is 1. The van der Waals surface area contributed by atoms with Crippen molar-refractivity contribution in [3.63, 3.8) is 0 Å². The molecule has 3 aromatic rings. The van der Waals surface area contributed by atoms with Gasteiger partial charge in [-0.1, -0.05) is 24.3 Å². The molecule has 29 heavy (non-hydrogen) atoms. The van der Waals surface area contributed by atoms with E-state index < -0.39 is 6.97 Å². The van der Waals surface area contributed by atoms with Crippen molar-refractivity contribution in [3.8, 4) is 5.75 Å². The minimum atomic E-state index is -4.01. The van der Waals surface area contributed by atoms with E-state index in [1.165, 1.54) is 15.8 Å². The zero-order valence-corrected chi connectivity index (χ0v) is 16.4. The Bertz CT molecular complexity index is 1200. The number of hydrogen-bond acceptors (Lipinski definition) is 2. The third kappa shape index (κ3) is 2.89. The van der Waals surface area contributed by atoms with Crippen molar-refractivity contribution in [1.82, 2.24) is 4.48 Å². The molecule has 5 rings (SSSR count). The van der Waals surface area contributed by atoms with Crippen molar-refractivity contribution in [3.05, 3.63) is 93.6 Å². The fourth-order valence-electron chi connectivity index (χ4n) is 3.81. The van der Waals surface area contributed by atoms with E-state index in [1.54, 1.807) is 43.5 Å². The van der Waals surface area contributed by atoms with Gasteiger partial charge in [0.25, 0.3) is 0 Å². The third-order valence-corrected chi connectivity index (χ3v) is 6.08. The van der Waals surface area contributed by atoms with E-state index in [2.05, 4.69) is 0 Å². The standard InChI is InChI=1S/C22H17BF2N2OS/c1-28-20-11-5-16(6-12-20)4-7-17-8-9-18-15-19-10-13-21(22-3-2-14-29-22)27(19)23(24,25)26(17)18/h2-15H,1H3/b7-4+. The maximum atomic E-state index is 15.7. The molecule has 0 radical (unpaired) electrons. The maximum absolute atomic E-state index is 15.7. The average molecular weight is 406 g/mol. The molecule has 0 bridgehead atoms. The normalized spacial score (nSPS) is 16.9. The van der Waals surface area contributed by atoms with Crippen LogP contribution in [0.5, 0.6) is 5.75 Å². The predicted molar refractivity (Wildman–Crippen MR) is 116 cm³/mol. The number of methoxy groups -OCH3 is 1. The highest BCUT2D eigenvalue weighted by Gasteiger charge is 2.52. The van der Waals surface area contributed by atoms with E-state index in [9.17, 15) is 0 Å². The lowest BCUT2D eigenvalue weighted by Crippen LogP contribution is -2.50. The minimum absolute atomic E-state index is 0.466. The Morgan fingerprint density at radius 3 is 2.59 bits per heavy atom. The van der Waals surface area contributed by atoms with Gasteiger partial charge in [-0.15, -0.1) is 11.3 Å². The summed E-state index contributed by atoms with van der Waals surface area (Å²) in [6.45, 7) is -4.01. The number of fused-ring (bicyclic) bond motifs is 2. The quantitative estimate of drug-likeness (QED) is 0.532. The van der Waals surface area contributed by atoms with Crippen molar-refractivity contribution in [2.45, 2.75) is 0 Å². The van der Waals surface area contributed by atoms with Crippen LogP contribution in [0.25, 0.3) is 18.2 Å². The van der Waals surface area contributed by atoms with Crippen molar-refractivity contribution >= 4 is 42.2 Å². The van der Waals surface area contributed by atoms with Gasteiger partial charge in [0, 0.05) is 29.6 Å². The molecule has 3 nitrogen and oxygen atoms in total. The molecule has 4 heterocycles. The number of halogens is 2. The average Bonchev–Trinajstić information content (AvgIpc) is 3.46. The van der Waals surface area contributed by atoms with E-state index in [0.29, 0.717) is 22.8 Å². The number of aromatic nitrogens is 1. The molecule has 2 aromatic heterocycles. The van der Waals surface area contributed by atoms with Gasteiger partial charge in [0.05, 0.1) is 12.0 Å².